The molecule has 0 aliphatic carbocycles. The van der Waals surface area contributed by atoms with Crippen LogP contribution in [0.2, 0.25) is 0 Å². The van der Waals surface area contributed by atoms with E-state index in [-0.39, 0.29) is 24.7 Å². The van der Waals surface area contributed by atoms with E-state index < -0.39 is 5.92 Å². The van der Waals surface area contributed by atoms with Crippen LogP contribution in [-0.4, -0.2) is 30.5 Å². The van der Waals surface area contributed by atoms with Gasteiger partial charge in [-0.1, -0.05) is 0 Å². The molecular formula is C5H10ClF2NS. The first kappa shape index (κ1) is 10.5. The Bertz CT molecular complexity index is 91.6. The maximum atomic E-state index is 12.4. The van der Waals surface area contributed by atoms with E-state index in [4.69, 9.17) is 0 Å². The molecule has 0 aromatic heterocycles. The third kappa shape index (κ3) is 3.58. The van der Waals surface area contributed by atoms with Gasteiger partial charge in [-0.15, -0.1) is 12.4 Å². The lowest BCUT2D eigenvalue weighted by atomic mass is 10.4. The van der Waals surface area contributed by atoms with Crippen molar-refractivity contribution < 1.29 is 8.78 Å². The van der Waals surface area contributed by atoms with Crippen LogP contribution in [-0.2, 0) is 0 Å². The van der Waals surface area contributed by atoms with Gasteiger partial charge in [0.05, 0.1) is 12.3 Å². The second-order valence-electron chi connectivity index (χ2n) is 2.09. The van der Waals surface area contributed by atoms with Crippen LogP contribution < -0.4 is 5.32 Å². The van der Waals surface area contributed by atoms with Crippen LogP contribution in [0.3, 0.4) is 0 Å². The Kier molecular flexibility index (Phi) is 4.56. The molecule has 0 amide bonds. The predicted molar refractivity (Wildman–Crippen MR) is 42.4 cm³/mol. The van der Waals surface area contributed by atoms with Crippen molar-refractivity contribution in [3.05, 3.63) is 0 Å². The predicted octanol–water partition coefficient (Wildman–Crippen LogP) is 1.38. The molecule has 1 aliphatic rings. The number of alkyl halides is 2. The van der Waals surface area contributed by atoms with Gasteiger partial charge in [0.2, 0.25) is 0 Å². The molecule has 1 fully saturated rings. The van der Waals surface area contributed by atoms with E-state index in [0.717, 1.165) is 5.75 Å². The van der Waals surface area contributed by atoms with Crippen molar-refractivity contribution in [1.29, 1.82) is 0 Å². The number of thioether (sulfide) groups is 1. The molecule has 0 unspecified atom stereocenters. The minimum atomic E-state index is -2.48. The van der Waals surface area contributed by atoms with Crippen molar-refractivity contribution in [1.82, 2.24) is 5.32 Å². The molecule has 0 bridgehead atoms. The molecule has 10 heavy (non-hydrogen) atoms. The lowest BCUT2D eigenvalue weighted by Gasteiger charge is -2.10. The van der Waals surface area contributed by atoms with Crippen LogP contribution in [0, 0.1) is 0 Å². The molecule has 1 rings (SSSR count). The summed E-state index contributed by atoms with van der Waals surface area (Å²) in [6, 6.07) is 0. The maximum Gasteiger partial charge on any atom is 0.269 e. The summed E-state index contributed by atoms with van der Waals surface area (Å²) in [4.78, 5) is 0. The van der Waals surface area contributed by atoms with Gasteiger partial charge >= 0.3 is 0 Å². The summed E-state index contributed by atoms with van der Waals surface area (Å²) in [5, 5.41) is 2.67. The fourth-order valence-electron chi connectivity index (χ4n) is 0.688. The van der Waals surface area contributed by atoms with Gasteiger partial charge in [0.25, 0.3) is 5.92 Å². The molecule has 0 radical (unpaired) electrons. The van der Waals surface area contributed by atoms with Gasteiger partial charge < -0.3 is 5.32 Å². The lowest BCUT2D eigenvalue weighted by Crippen LogP contribution is -2.32. The molecule has 1 nitrogen and oxygen atoms in total. The lowest BCUT2D eigenvalue weighted by molar-refractivity contribution is 0.0302. The van der Waals surface area contributed by atoms with Crippen molar-refractivity contribution in [2.75, 3.05) is 24.6 Å². The summed E-state index contributed by atoms with van der Waals surface area (Å²) in [7, 11) is 0. The van der Waals surface area contributed by atoms with Gasteiger partial charge in [-0.25, -0.2) is 8.78 Å². The first-order chi connectivity index (χ1) is 4.21. The Morgan fingerprint density at radius 2 is 2.10 bits per heavy atom. The fourth-order valence-corrected chi connectivity index (χ4v) is 1.52. The quantitative estimate of drug-likeness (QED) is 0.618. The Labute approximate surface area is 69.4 Å². The van der Waals surface area contributed by atoms with Crippen molar-refractivity contribution in [2.24, 2.45) is 0 Å². The highest BCUT2D eigenvalue weighted by molar-refractivity contribution is 7.99. The zero-order valence-corrected chi connectivity index (χ0v) is 7.03. The summed E-state index contributed by atoms with van der Waals surface area (Å²) in [5.74, 6) is -1.71. The van der Waals surface area contributed by atoms with Gasteiger partial charge in [-0.2, -0.15) is 11.8 Å². The highest BCUT2D eigenvalue weighted by atomic mass is 35.5. The Balaban J connectivity index is 0.000000810. The van der Waals surface area contributed by atoms with Crippen LogP contribution in [0.25, 0.3) is 0 Å². The van der Waals surface area contributed by atoms with Crippen LogP contribution in [0.1, 0.15) is 0 Å². The van der Waals surface area contributed by atoms with E-state index in [1.807, 2.05) is 0 Å². The van der Waals surface area contributed by atoms with E-state index in [0.29, 0.717) is 6.54 Å². The summed E-state index contributed by atoms with van der Waals surface area (Å²) in [5.41, 5.74) is 0. The zero-order chi connectivity index (χ0) is 6.74. The van der Waals surface area contributed by atoms with Crippen LogP contribution in [0.4, 0.5) is 8.78 Å². The molecule has 62 valence electrons. The van der Waals surface area contributed by atoms with Crippen LogP contribution >= 0.6 is 24.2 Å². The second kappa shape index (κ2) is 4.36. The summed E-state index contributed by atoms with van der Waals surface area (Å²) < 4.78 is 24.8. The molecule has 5 heteroatoms. The smallest absolute Gasteiger partial charge is 0.269 e. The monoisotopic (exact) mass is 189 g/mol. The maximum absolute atomic E-state index is 12.4. The molecule has 0 saturated carbocycles. The molecule has 0 spiro atoms. The third-order valence-corrected chi connectivity index (χ3v) is 2.24. The van der Waals surface area contributed by atoms with E-state index in [2.05, 4.69) is 5.32 Å². The second-order valence-corrected chi connectivity index (χ2v) is 3.19. The molecule has 0 aromatic rings. The number of halogens is 3. The normalized spacial score (nSPS) is 24.6. The van der Waals surface area contributed by atoms with E-state index in [1.54, 1.807) is 0 Å². The topological polar surface area (TPSA) is 12.0 Å². The fraction of sp³-hybridized carbons (Fsp3) is 1.00. The molecule has 0 atom stereocenters. The number of hydrogen-bond donors (Lipinski definition) is 1. The average molecular weight is 190 g/mol. The number of hydrogen-bond acceptors (Lipinski definition) is 2. The standard InChI is InChI=1S/C5H9F2NS.ClH/c6-5(7)3-8-1-2-9-4-5;/h8H,1-4H2;1H. The van der Waals surface area contributed by atoms with E-state index in [1.165, 1.54) is 11.8 Å². The summed E-state index contributed by atoms with van der Waals surface area (Å²) in [6.07, 6.45) is 0. The van der Waals surface area contributed by atoms with Crippen LogP contribution in [0.5, 0.6) is 0 Å². The minimum absolute atomic E-state index is 0. The van der Waals surface area contributed by atoms with Crippen molar-refractivity contribution >= 4 is 24.2 Å². The molecule has 1 heterocycles. The van der Waals surface area contributed by atoms with E-state index >= 15 is 0 Å². The van der Waals surface area contributed by atoms with Gasteiger partial charge in [0, 0.05) is 12.3 Å². The third-order valence-electron chi connectivity index (χ3n) is 1.12. The highest BCUT2D eigenvalue weighted by Crippen LogP contribution is 2.20. The highest BCUT2D eigenvalue weighted by Gasteiger charge is 2.29. The van der Waals surface area contributed by atoms with Crippen molar-refractivity contribution in [3.63, 3.8) is 0 Å². The average Bonchev–Trinajstić information content (AvgIpc) is 1.92. The first-order valence-corrected chi connectivity index (χ1v) is 4.02. The summed E-state index contributed by atoms with van der Waals surface area (Å²) >= 11 is 1.31. The van der Waals surface area contributed by atoms with Gasteiger partial charge in [-0.3, -0.25) is 0 Å². The zero-order valence-electron chi connectivity index (χ0n) is 5.40. The van der Waals surface area contributed by atoms with Crippen molar-refractivity contribution in [2.45, 2.75) is 5.92 Å². The SMILES string of the molecule is Cl.FC1(F)CNCCSC1. The van der Waals surface area contributed by atoms with Gasteiger partial charge in [0.15, 0.2) is 0 Å². The molecule has 1 aliphatic heterocycles. The van der Waals surface area contributed by atoms with Gasteiger partial charge in [0.1, 0.15) is 0 Å². The van der Waals surface area contributed by atoms with Crippen LogP contribution in [0.15, 0.2) is 0 Å². The molecule has 0 aromatic carbocycles. The van der Waals surface area contributed by atoms with Gasteiger partial charge in [-0.05, 0) is 0 Å². The molecule has 1 N–H and O–H groups in total. The molecule has 1 saturated heterocycles. The van der Waals surface area contributed by atoms with E-state index in [9.17, 15) is 8.78 Å². The number of nitrogens with one attached hydrogen (secondary N) is 1. The minimum Gasteiger partial charge on any atom is -0.310 e. The largest absolute Gasteiger partial charge is 0.310 e. The Morgan fingerprint density at radius 1 is 1.40 bits per heavy atom. The first-order valence-electron chi connectivity index (χ1n) is 2.87. The Hall–Kier alpha value is 0.460. The van der Waals surface area contributed by atoms with Crippen molar-refractivity contribution in [3.8, 4) is 0 Å². The Morgan fingerprint density at radius 3 is 2.80 bits per heavy atom. The number of rotatable bonds is 0. The molecular weight excluding hydrogens is 180 g/mol. The summed E-state index contributed by atoms with van der Waals surface area (Å²) in [6.45, 7) is 0.556.